The normalized spacial score (nSPS) is 28.0. The Hall–Kier alpha value is -0.610. The number of fused-ring (bicyclic) bond motifs is 1. The summed E-state index contributed by atoms with van der Waals surface area (Å²) in [6.07, 6.45) is 0. The molecule has 0 radical (unpaired) electrons. The van der Waals surface area contributed by atoms with Crippen LogP contribution < -0.4 is 0 Å². The lowest BCUT2D eigenvalue weighted by Crippen LogP contribution is -2.64. The van der Waals surface area contributed by atoms with E-state index >= 15 is 0 Å². The van der Waals surface area contributed by atoms with Gasteiger partial charge in [0.15, 0.2) is 0 Å². The van der Waals surface area contributed by atoms with Gasteiger partial charge >= 0.3 is 0 Å². The Morgan fingerprint density at radius 3 is 2.29 bits per heavy atom. The molecule has 1 atom stereocenters. The highest BCUT2D eigenvalue weighted by molar-refractivity contribution is 5.73. The molecule has 0 aromatic rings. The number of carbonyl (C=O) groups excluding carboxylic acids is 1. The lowest BCUT2D eigenvalue weighted by atomic mass is 10.0. The maximum atomic E-state index is 11.4. The van der Waals surface area contributed by atoms with Crippen molar-refractivity contribution in [2.45, 2.75) is 39.3 Å². The molecule has 2 rings (SSSR count). The third kappa shape index (κ3) is 2.80. The van der Waals surface area contributed by atoms with Crippen molar-refractivity contribution in [2.24, 2.45) is 0 Å². The fourth-order valence-corrected chi connectivity index (χ4v) is 2.85. The third-order valence-electron chi connectivity index (χ3n) is 4.09. The topological polar surface area (TPSA) is 26.8 Å². The van der Waals surface area contributed by atoms with E-state index in [-0.39, 0.29) is 11.4 Å². The van der Waals surface area contributed by atoms with Crippen LogP contribution in [0.15, 0.2) is 0 Å². The van der Waals surface area contributed by atoms with Crippen molar-refractivity contribution in [1.82, 2.24) is 14.7 Å². The molecule has 0 saturated carbocycles. The van der Waals surface area contributed by atoms with Gasteiger partial charge in [0.1, 0.15) is 0 Å². The second kappa shape index (κ2) is 4.58. The first kappa shape index (κ1) is 12.8. The minimum absolute atomic E-state index is 0.220. The molecule has 2 aliphatic heterocycles. The summed E-state index contributed by atoms with van der Waals surface area (Å²) < 4.78 is 0. The van der Waals surface area contributed by atoms with Crippen LogP contribution in [-0.2, 0) is 4.79 Å². The van der Waals surface area contributed by atoms with Gasteiger partial charge in [-0.3, -0.25) is 14.6 Å². The molecule has 1 unspecified atom stereocenters. The summed E-state index contributed by atoms with van der Waals surface area (Å²) >= 11 is 0. The molecule has 2 aliphatic rings. The van der Waals surface area contributed by atoms with E-state index in [2.05, 4.69) is 30.6 Å². The van der Waals surface area contributed by atoms with Crippen molar-refractivity contribution >= 4 is 5.91 Å². The Labute approximate surface area is 105 Å². The van der Waals surface area contributed by atoms with Crippen molar-refractivity contribution in [3.63, 3.8) is 0 Å². The highest BCUT2D eigenvalue weighted by atomic mass is 16.2. The second-order valence-corrected chi connectivity index (χ2v) is 6.27. The molecular weight excluding hydrogens is 214 g/mol. The molecule has 0 spiro atoms. The summed E-state index contributed by atoms with van der Waals surface area (Å²) in [6, 6.07) is 0.528. The van der Waals surface area contributed by atoms with E-state index in [1.807, 2.05) is 4.90 Å². The van der Waals surface area contributed by atoms with Gasteiger partial charge in [0.05, 0.1) is 0 Å². The quantitative estimate of drug-likeness (QED) is 0.620. The average Bonchev–Trinajstić information content (AvgIpc) is 2.26. The van der Waals surface area contributed by atoms with Crippen molar-refractivity contribution in [3.05, 3.63) is 0 Å². The van der Waals surface area contributed by atoms with E-state index in [0.717, 1.165) is 39.3 Å². The maximum Gasteiger partial charge on any atom is 0.219 e. The van der Waals surface area contributed by atoms with E-state index in [1.54, 1.807) is 6.92 Å². The highest BCUT2D eigenvalue weighted by Crippen LogP contribution is 2.21. The monoisotopic (exact) mass is 239 g/mol. The lowest BCUT2D eigenvalue weighted by Gasteiger charge is -2.50. The van der Waals surface area contributed by atoms with E-state index in [4.69, 9.17) is 0 Å². The first-order valence-electron chi connectivity index (χ1n) is 6.62. The van der Waals surface area contributed by atoms with Gasteiger partial charge < -0.3 is 4.90 Å². The molecular formula is C13H25N3O. The summed E-state index contributed by atoms with van der Waals surface area (Å²) in [5.41, 5.74) is 0.241. The van der Waals surface area contributed by atoms with Gasteiger partial charge in [-0.25, -0.2) is 0 Å². The lowest BCUT2D eigenvalue weighted by molar-refractivity contribution is -0.133. The van der Waals surface area contributed by atoms with Gasteiger partial charge in [-0.15, -0.1) is 0 Å². The standard InChI is InChI=1S/C13H25N3O/c1-11(17)15-6-5-14-7-8-16(13(2,3)4)10-12(14)9-15/h12H,5-10H2,1-4H3. The van der Waals surface area contributed by atoms with Crippen LogP contribution in [0.1, 0.15) is 27.7 Å². The fraction of sp³-hybridized carbons (Fsp3) is 0.923. The minimum Gasteiger partial charge on any atom is -0.340 e. The number of amides is 1. The Balaban J connectivity index is 1.99. The second-order valence-electron chi connectivity index (χ2n) is 6.27. The molecule has 2 heterocycles. The number of piperazine rings is 2. The minimum atomic E-state index is 0.220. The van der Waals surface area contributed by atoms with Crippen LogP contribution in [0.3, 0.4) is 0 Å². The van der Waals surface area contributed by atoms with Crippen molar-refractivity contribution in [2.75, 3.05) is 39.3 Å². The summed E-state index contributed by atoms with van der Waals surface area (Å²) in [7, 11) is 0. The molecule has 4 heteroatoms. The molecule has 98 valence electrons. The van der Waals surface area contributed by atoms with Crippen LogP contribution >= 0.6 is 0 Å². The predicted octanol–water partition coefficient (Wildman–Crippen LogP) is 0.633. The summed E-state index contributed by atoms with van der Waals surface area (Å²) in [5.74, 6) is 0.220. The van der Waals surface area contributed by atoms with E-state index < -0.39 is 0 Å². The van der Waals surface area contributed by atoms with Gasteiger partial charge in [0.25, 0.3) is 0 Å². The van der Waals surface area contributed by atoms with Gasteiger partial charge in [-0.05, 0) is 20.8 Å². The smallest absolute Gasteiger partial charge is 0.219 e. The van der Waals surface area contributed by atoms with Crippen LogP contribution in [0.25, 0.3) is 0 Å². The largest absolute Gasteiger partial charge is 0.340 e. The van der Waals surface area contributed by atoms with Crippen LogP contribution in [0.4, 0.5) is 0 Å². The van der Waals surface area contributed by atoms with Gasteiger partial charge in [0, 0.05) is 57.8 Å². The third-order valence-corrected chi connectivity index (χ3v) is 4.09. The van der Waals surface area contributed by atoms with Crippen molar-refractivity contribution in [1.29, 1.82) is 0 Å². The molecule has 2 fully saturated rings. The predicted molar refractivity (Wildman–Crippen MR) is 68.9 cm³/mol. The number of rotatable bonds is 0. The zero-order valence-corrected chi connectivity index (χ0v) is 11.6. The molecule has 0 aromatic heterocycles. The average molecular weight is 239 g/mol. The summed E-state index contributed by atoms with van der Waals surface area (Å²) in [5, 5.41) is 0. The van der Waals surface area contributed by atoms with Crippen LogP contribution in [0.5, 0.6) is 0 Å². The summed E-state index contributed by atoms with van der Waals surface area (Å²) in [4.78, 5) is 18.5. The van der Waals surface area contributed by atoms with E-state index in [0.29, 0.717) is 6.04 Å². The molecule has 0 aromatic carbocycles. The maximum absolute atomic E-state index is 11.4. The molecule has 17 heavy (non-hydrogen) atoms. The summed E-state index contributed by atoms with van der Waals surface area (Å²) in [6.45, 7) is 14.7. The number of carbonyl (C=O) groups is 1. The zero-order chi connectivity index (χ0) is 12.6. The first-order chi connectivity index (χ1) is 7.88. The molecule has 2 saturated heterocycles. The number of hydrogen-bond donors (Lipinski definition) is 0. The van der Waals surface area contributed by atoms with Crippen molar-refractivity contribution in [3.8, 4) is 0 Å². The van der Waals surface area contributed by atoms with Gasteiger partial charge in [0.2, 0.25) is 5.91 Å². The van der Waals surface area contributed by atoms with Crippen LogP contribution in [0.2, 0.25) is 0 Å². The Morgan fingerprint density at radius 1 is 1.06 bits per heavy atom. The number of hydrogen-bond acceptors (Lipinski definition) is 3. The van der Waals surface area contributed by atoms with Gasteiger partial charge in [-0.2, -0.15) is 0 Å². The van der Waals surface area contributed by atoms with Crippen LogP contribution in [-0.4, -0.2) is 71.5 Å². The molecule has 0 aliphatic carbocycles. The van der Waals surface area contributed by atoms with E-state index in [1.165, 1.54) is 0 Å². The Morgan fingerprint density at radius 2 is 1.71 bits per heavy atom. The first-order valence-corrected chi connectivity index (χ1v) is 6.62. The van der Waals surface area contributed by atoms with Crippen LogP contribution in [0, 0.1) is 0 Å². The van der Waals surface area contributed by atoms with Crippen molar-refractivity contribution < 1.29 is 4.79 Å². The highest BCUT2D eigenvalue weighted by Gasteiger charge is 2.35. The molecule has 4 nitrogen and oxygen atoms in total. The SMILES string of the molecule is CC(=O)N1CCN2CCN(C(C)(C)C)CC2C1. The fourth-order valence-electron chi connectivity index (χ4n) is 2.85. The molecule has 1 amide bonds. The number of nitrogens with zero attached hydrogens (tertiary/aromatic N) is 3. The molecule has 0 bridgehead atoms. The Bertz CT molecular complexity index is 298. The Kier molecular flexibility index (Phi) is 3.46. The van der Waals surface area contributed by atoms with Gasteiger partial charge in [-0.1, -0.05) is 0 Å². The zero-order valence-electron chi connectivity index (χ0n) is 11.6. The molecule has 0 N–H and O–H groups in total. The van der Waals surface area contributed by atoms with E-state index in [9.17, 15) is 4.79 Å².